The van der Waals surface area contributed by atoms with Gasteiger partial charge in [-0.05, 0) is 26.0 Å². The molecule has 1 aliphatic heterocycles. The maximum Gasteiger partial charge on any atom is 0.252 e. The van der Waals surface area contributed by atoms with Crippen LogP contribution in [0.25, 0.3) is 0 Å². The summed E-state index contributed by atoms with van der Waals surface area (Å²) in [7, 11) is 0. The second kappa shape index (κ2) is 6.75. The molecule has 7 heteroatoms. The highest BCUT2D eigenvalue weighted by atomic mass is 32.2. The Morgan fingerprint density at radius 1 is 1.50 bits per heavy atom. The fraction of sp³-hybridized carbons (Fsp3) is 0.467. The number of thioether (sulfide) groups is 1. The quantitative estimate of drug-likeness (QED) is 0.849. The van der Waals surface area contributed by atoms with Gasteiger partial charge in [0, 0.05) is 36.5 Å². The zero-order valence-corrected chi connectivity index (χ0v) is 14.5. The van der Waals surface area contributed by atoms with E-state index in [4.69, 9.17) is 12.2 Å². The highest BCUT2D eigenvalue weighted by molar-refractivity contribution is 8.24. The third-order valence-electron chi connectivity index (χ3n) is 3.44. The molecule has 22 heavy (non-hydrogen) atoms. The minimum Gasteiger partial charge on any atom is -0.343 e. The van der Waals surface area contributed by atoms with Gasteiger partial charge in [0.25, 0.3) is 5.91 Å². The summed E-state index contributed by atoms with van der Waals surface area (Å²) in [6.07, 6.45) is 2.35. The van der Waals surface area contributed by atoms with Gasteiger partial charge < -0.3 is 5.32 Å². The van der Waals surface area contributed by atoms with Crippen molar-refractivity contribution in [3.8, 4) is 0 Å². The van der Waals surface area contributed by atoms with Gasteiger partial charge in [0.15, 0.2) is 0 Å². The fourth-order valence-corrected chi connectivity index (χ4v) is 4.14. The Morgan fingerprint density at radius 2 is 2.23 bits per heavy atom. The van der Waals surface area contributed by atoms with Gasteiger partial charge >= 0.3 is 0 Å². The number of thiocarbonyl (C=S) groups is 1. The number of nitrogens with one attached hydrogen (secondary N) is 1. The van der Waals surface area contributed by atoms with Crippen molar-refractivity contribution < 1.29 is 9.59 Å². The van der Waals surface area contributed by atoms with Gasteiger partial charge in [0.2, 0.25) is 5.91 Å². The Bertz CT molecular complexity index is 590. The molecule has 1 atom stereocenters. The summed E-state index contributed by atoms with van der Waals surface area (Å²) < 4.78 is 0.0916. The van der Waals surface area contributed by atoms with Crippen molar-refractivity contribution in [1.82, 2.24) is 15.2 Å². The van der Waals surface area contributed by atoms with E-state index in [0.29, 0.717) is 17.3 Å². The molecule has 0 radical (unpaired) electrons. The van der Waals surface area contributed by atoms with Crippen LogP contribution in [0.2, 0.25) is 0 Å². The maximum absolute atomic E-state index is 12.7. The van der Waals surface area contributed by atoms with Crippen LogP contribution in [0, 0.1) is 0 Å². The van der Waals surface area contributed by atoms with Gasteiger partial charge in [-0.3, -0.25) is 19.5 Å². The number of pyridine rings is 1. The van der Waals surface area contributed by atoms with Crippen molar-refractivity contribution in [1.29, 1.82) is 0 Å². The average molecular weight is 337 g/mol. The summed E-state index contributed by atoms with van der Waals surface area (Å²) in [5, 5.41) is 2.74. The third-order valence-corrected chi connectivity index (χ3v) is 5.07. The van der Waals surface area contributed by atoms with Crippen LogP contribution in [0.1, 0.15) is 26.5 Å². The van der Waals surface area contributed by atoms with E-state index in [9.17, 15) is 9.59 Å². The predicted octanol–water partition coefficient (Wildman–Crippen LogP) is 1.77. The number of rotatable bonds is 4. The van der Waals surface area contributed by atoms with E-state index in [1.165, 1.54) is 18.7 Å². The maximum atomic E-state index is 12.7. The molecule has 1 aromatic rings. The third kappa shape index (κ3) is 3.84. The first-order valence-electron chi connectivity index (χ1n) is 7.02. The molecule has 2 heterocycles. The van der Waals surface area contributed by atoms with Crippen LogP contribution in [0.15, 0.2) is 24.4 Å². The Hall–Kier alpha value is -1.47. The topological polar surface area (TPSA) is 62.3 Å². The molecule has 118 valence electrons. The van der Waals surface area contributed by atoms with Crippen LogP contribution in [-0.2, 0) is 16.0 Å². The SMILES string of the molecule is CC(=O)NC1C(=O)N(CCc2ccccn2)C(=S)SC1(C)C. The number of hydrogen-bond donors (Lipinski definition) is 1. The number of aromatic nitrogens is 1. The van der Waals surface area contributed by atoms with E-state index in [0.717, 1.165) is 5.69 Å². The standard InChI is InChI=1S/C15H19N3O2S2/c1-10(19)17-12-13(20)18(14(21)22-15(12,2)3)9-7-11-6-4-5-8-16-11/h4-6,8,12H,7,9H2,1-3H3,(H,17,19). The van der Waals surface area contributed by atoms with Crippen LogP contribution in [0.5, 0.6) is 0 Å². The molecule has 1 N–H and O–H groups in total. The first-order valence-corrected chi connectivity index (χ1v) is 8.25. The zero-order valence-electron chi connectivity index (χ0n) is 12.8. The van der Waals surface area contributed by atoms with Crippen LogP contribution >= 0.6 is 24.0 Å². The summed E-state index contributed by atoms with van der Waals surface area (Å²) in [6, 6.07) is 5.10. The Kier molecular flexibility index (Phi) is 5.18. The number of carbonyl (C=O) groups is 2. The van der Waals surface area contributed by atoms with Crippen molar-refractivity contribution >= 4 is 40.1 Å². The van der Waals surface area contributed by atoms with Crippen molar-refractivity contribution in [2.75, 3.05) is 6.54 Å². The summed E-state index contributed by atoms with van der Waals surface area (Å²) in [6.45, 7) is 5.71. The molecule has 0 saturated carbocycles. The monoisotopic (exact) mass is 337 g/mol. The molecule has 2 amide bonds. The molecule has 0 aromatic carbocycles. The van der Waals surface area contributed by atoms with Crippen LogP contribution in [0.4, 0.5) is 0 Å². The number of amides is 2. The number of nitrogens with zero attached hydrogens (tertiary/aromatic N) is 2. The van der Waals surface area contributed by atoms with E-state index < -0.39 is 10.8 Å². The van der Waals surface area contributed by atoms with Gasteiger partial charge in [-0.25, -0.2) is 0 Å². The molecule has 0 spiro atoms. The highest BCUT2D eigenvalue weighted by Crippen LogP contribution is 2.36. The summed E-state index contributed by atoms with van der Waals surface area (Å²) in [4.78, 5) is 29.9. The molecular formula is C15H19N3O2S2. The van der Waals surface area contributed by atoms with Crippen LogP contribution < -0.4 is 5.32 Å². The molecule has 0 bridgehead atoms. The molecule has 1 unspecified atom stereocenters. The van der Waals surface area contributed by atoms with Crippen molar-refractivity contribution in [2.24, 2.45) is 0 Å². The van der Waals surface area contributed by atoms with Gasteiger partial charge in [-0.2, -0.15) is 0 Å². The first kappa shape index (κ1) is 16.9. The van der Waals surface area contributed by atoms with E-state index in [1.807, 2.05) is 32.0 Å². The van der Waals surface area contributed by atoms with E-state index >= 15 is 0 Å². The molecule has 1 saturated heterocycles. The lowest BCUT2D eigenvalue weighted by molar-refractivity contribution is -0.133. The van der Waals surface area contributed by atoms with Gasteiger partial charge in [-0.15, -0.1) is 0 Å². The van der Waals surface area contributed by atoms with E-state index in [1.54, 1.807) is 11.1 Å². The minimum atomic E-state index is -0.578. The lowest BCUT2D eigenvalue weighted by atomic mass is 10.0. The molecule has 1 fully saturated rings. The fourth-order valence-electron chi connectivity index (χ4n) is 2.29. The normalized spacial score (nSPS) is 20.9. The van der Waals surface area contributed by atoms with Crippen LogP contribution in [0.3, 0.4) is 0 Å². The summed E-state index contributed by atoms with van der Waals surface area (Å²) in [5.74, 6) is -0.371. The second-order valence-corrected chi connectivity index (χ2v) is 7.95. The number of hydrogen-bond acceptors (Lipinski definition) is 5. The minimum absolute atomic E-state index is 0.153. The zero-order chi connectivity index (χ0) is 16.3. The van der Waals surface area contributed by atoms with E-state index in [2.05, 4.69) is 10.3 Å². The van der Waals surface area contributed by atoms with E-state index in [-0.39, 0.29) is 11.8 Å². The molecule has 1 aliphatic rings. The molecule has 2 rings (SSSR count). The summed E-state index contributed by atoms with van der Waals surface area (Å²) >= 11 is 6.81. The van der Waals surface area contributed by atoms with Crippen LogP contribution in [-0.4, -0.2) is 43.4 Å². The molecule has 0 aliphatic carbocycles. The summed E-state index contributed by atoms with van der Waals surface area (Å²) in [5.41, 5.74) is 0.906. The largest absolute Gasteiger partial charge is 0.343 e. The molecular weight excluding hydrogens is 318 g/mol. The molecule has 5 nitrogen and oxygen atoms in total. The van der Waals surface area contributed by atoms with Gasteiger partial charge in [0.05, 0.1) is 0 Å². The smallest absolute Gasteiger partial charge is 0.252 e. The number of carbonyl (C=O) groups excluding carboxylic acids is 2. The highest BCUT2D eigenvalue weighted by Gasteiger charge is 2.45. The van der Waals surface area contributed by atoms with Gasteiger partial charge in [-0.1, -0.05) is 30.0 Å². The Morgan fingerprint density at radius 3 is 2.82 bits per heavy atom. The van der Waals surface area contributed by atoms with Crippen molar-refractivity contribution in [3.63, 3.8) is 0 Å². The first-order chi connectivity index (χ1) is 10.3. The van der Waals surface area contributed by atoms with Crippen molar-refractivity contribution in [2.45, 2.75) is 38.0 Å². The lowest BCUT2D eigenvalue weighted by Gasteiger charge is -2.42. The van der Waals surface area contributed by atoms with Gasteiger partial charge in [0.1, 0.15) is 10.4 Å². The molecule has 1 aromatic heterocycles. The second-order valence-electron chi connectivity index (χ2n) is 5.67. The average Bonchev–Trinajstić information content (AvgIpc) is 2.43. The predicted molar refractivity (Wildman–Crippen MR) is 91.5 cm³/mol. The Balaban J connectivity index is 2.12. The van der Waals surface area contributed by atoms with Crippen molar-refractivity contribution in [3.05, 3.63) is 30.1 Å². The lowest BCUT2D eigenvalue weighted by Crippen LogP contribution is -2.62. The Labute approximate surface area is 139 Å².